The largest absolute Gasteiger partial charge is 0.248 e. The number of rotatable bonds is 0. The first-order valence-corrected chi connectivity index (χ1v) is 13.6. The van der Waals surface area contributed by atoms with Crippen molar-refractivity contribution in [1.29, 1.82) is 0 Å². The molecule has 2 aromatic rings. The van der Waals surface area contributed by atoms with Gasteiger partial charge >= 0.3 is 0 Å². The number of nitrogens with zero attached hydrogens (tertiary/aromatic N) is 2. The van der Waals surface area contributed by atoms with Crippen molar-refractivity contribution in [3.05, 3.63) is 33.2 Å². The summed E-state index contributed by atoms with van der Waals surface area (Å²) in [5.74, 6) is 2.06. The van der Waals surface area contributed by atoms with E-state index >= 15 is 0 Å². The molecule has 5 heteroatoms. The van der Waals surface area contributed by atoms with Crippen LogP contribution >= 0.6 is 46.1 Å². The van der Waals surface area contributed by atoms with E-state index in [2.05, 4.69) is 64.3 Å². The molecule has 0 N–H and O–H groups in total. The minimum Gasteiger partial charge on any atom is -0.248 e. The van der Waals surface area contributed by atoms with Gasteiger partial charge in [0.05, 0.1) is 22.4 Å². The Bertz CT molecular complexity index is 767. The molecule has 2 bridgehead atoms. The van der Waals surface area contributed by atoms with E-state index in [1.165, 1.54) is 79.2 Å². The van der Waals surface area contributed by atoms with Crippen LogP contribution in [0.2, 0.25) is 0 Å². The molecule has 0 amide bonds. The molecule has 1 aliphatic heterocycles. The number of hydrogen-bond acceptors (Lipinski definition) is 4. The van der Waals surface area contributed by atoms with E-state index in [9.17, 15) is 0 Å². The second-order valence-electron chi connectivity index (χ2n) is 7.89. The van der Waals surface area contributed by atoms with Crippen molar-refractivity contribution in [2.45, 2.75) is 86.2 Å². The summed E-state index contributed by atoms with van der Waals surface area (Å²) < 4.78 is 1.24. The van der Waals surface area contributed by atoms with Crippen LogP contribution in [0, 0.1) is 3.57 Å². The fourth-order valence-corrected chi connectivity index (χ4v) is 7.17. The Hall–Kier alpha value is -0.0100. The fraction of sp³-hybridized carbons (Fsp3) is 0.636. The van der Waals surface area contributed by atoms with E-state index in [1.54, 1.807) is 0 Å². The van der Waals surface area contributed by atoms with Gasteiger partial charge in [-0.2, -0.15) is 23.5 Å². The molecule has 2 heterocycles. The molecule has 27 heavy (non-hydrogen) atoms. The van der Waals surface area contributed by atoms with Gasteiger partial charge in [-0.1, -0.05) is 38.5 Å². The van der Waals surface area contributed by atoms with E-state index in [4.69, 9.17) is 9.97 Å². The summed E-state index contributed by atoms with van der Waals surface area (Å²) in [4.78, 5) is 10.1. The molecule has 2 unspecified atom stereocenters. The molecule has 146 valence electrons. The molecule has 1 aliphatic carbocycles. The standard InChI is InChI=1S/C22H29IN2S2/c23-16-9-12-19-20(13-16)25-22-15-27-18-8-6-4-2-1-3-5-7-17(10-11-18)26-14-21(22)24-19/h9,12-13,17-18H,1-8,10-11,14-15H2. The van der Waals surface area contributed by atoms with Crippen LogP contribution < -0.4 is 0 Å². The highest BCUT2D eigenvalue weighted by Crippen LogP contribution is 2.35. The van der Waals surface area contributed by atoms with Crippen LogP contribution in [0.1, 0.15) is 75.6 Å². The van der Waals surface area contributed by atoms with Crippen LogP contribution in [0.5, 0.6) is 0 Å². The number of benzene rings is 1. The Kier molecular flexibility index (Phi) is 7.62. The van der Waals surface area contributed by atoms with Gasteiger partial charge in [-0.25, -0.2) is 9.97 Å². The Morgan fingerprint density at radius 1 is 0.704 bits per heavy atom. The lowest BCUT2D eigenvalue weighted by atomic mass is 10.0. The van der Waals surface area contributed by atoms with Gasteiger partial charge in [0.15, 0.2) is 0 Å². The number of halogens is 1. The molecule has 2 atom stereocenters. The topological polar surface area (TPSA) is 25.8 Å². The third-order valence-electron chi connectivity index (χ3n) is 5.81. The molecule has 4 rings (SSSR count). The summed E-state index contributed by atoms with van der Waals surface area (Å²) >= 11 is 6.67. The average Bonchev–Trinajstić information content (AvgIpc) is 2.66. The monoisotopic (exact) mass is 512 g/mol. The van der Waals surface area contributed by atoms with Gasteiger partial charge in [-0.05, 0) is 66.5 Å². The summed E-state index contributed by atoms with van der Waals surface area (Å²) in [6.07, 6.45) is 14.1. The van der Waals surface area contributed by atoms with Crippen molar-refractivity contribution < 1.29 is 0 Å². The van der Waals surface area contributed by atoms with Crippen molar-refractivity contribution in [3.8, 4) is 0 Å². The van der Waals surface area contributed by atoms with Crippen LogP contribution in [0.3, 0.4) is 0 Å². The normalized spacial score (nSPS) is 25.4. The number of thioether (sulfide) groups is 2. The third kappa shape index (κ3) is 5.75. The van der Waals surface area contributed by atoms with Gasteiger partial charge in [-0.3, -0.25) is 0 Å². The lowest BCUT2D eigenvalue weighted by Crippen LogP contribution is -2.14. The summed E-state index contributed by atoms with van der Waals surface area (Å²) in [5, 5.41) is 1.60. The van der Waals surface area contributed by atoms with Gasteiger partial charge in [0.2, 0.25) is 0 Å². The predicted molar refractivity (Wildman–Crippen MR) is 129 cm³/mol. The second-order valence-corrected chi connectivity index (χ2v) is 11.7. The van der Waals surface area contributed by atoms with Crippen LogP contribution in [-0.2, 0) is 11.5 Å². The molecular formula is C22H29IN2S2. The molecular weight excluding hydrogens is 483 g/mol. The average molecular weight is 513 g/mol. The summed E-state index contributed by atoms with van der Waals surface area (Å²) in [5.41, 5.74) is 4.59. The van der Waals surface area contributed by atoms with Crippen molar-refractivity contribution in [2.24, 2.45) is 0 Å². The first-order valence-electron chi connectivity index (χ1n) is 10.5. The van der Waals surface area contributed by atoms with Crippen LogP contribution in [0.15, 0.2) is 18.2 Å². The van der Waals surface area contributed by atoms with Gasteiger partial charge in [0.1, 0.15) is 0 Å². The Morgan fingerprint density at radius 3 is 1.89 bits per heavy atom. The highest BCUT2D eigenvalue weighted by atomic mass is 127. The van der Waals surface area contributed by atoms with E-state index in [0.717, 1.165) is 33.0 Å². The van der Waals surface area contributed by atoms with Crippen molar-refractivity contribution in [3.63, 3.8) is 0 Å². The fourth-order valence-electron chi connectivity index (χ4n) is 4.17. The molecule has 0 radical (unpaired) electrons. The molecule has 1 aromatic carbocycles. The van der Waals surface area contributed by atoms with Crippen molar-refractivity contribution >= 4 is 57.1 Å². The van der Waals surface area contributed by atoms with Crippen LogP contribution in [-0.4, -0.2) is 20.5 Å². The van der Waals surface area contributed by atoms with E-state index in [-0.39, 0.29) is 0 Å². The van der Waals surface area contributed by atoms with E-state index in [0.29, 0.717) is 0 Å². The van der Waals surface area contributed by atoms with Crippen molar-refractivity contribution in [2.75, 3.05) is 0 Å². The lowest BCUT2D eigenvalue weighted by molar-refractivity contribution is 0.515. The summed E-state index contributed by atoms with van der Waals surface area (Å²) in [6, 6.07) is 6.45. The zero-order valence-corrected chi connectivity index (χ0v) is 19.8. The Balaban J connectivity index is 1.61. The number of hydrogen-bond donors (Lipinski definition) is 0. The summed E-state index contributed by atoms with van der Waals surface area (Å²) in [7, 11) is 0. The van der Waals surface area contributed by atoms with Gasteiger partial charge < -0.3 is 0 Å². The molecule has 0 spiro atoms. The molecule has 2 nitrogen and oxygen atoms in total. The Labute approximate surface area is 185 Å². The first kappa shape index (κ1) is 20.3. The molecule has 1 fully saturated rings. The van der Waals surface area contributed by atoms with Crippen molar-refractivity contribution in [1.82, 2.24) is 9.97 Å². The second kappa shape index (κ2) is 10.1. The maximum atomic E-state index is 5.06. The third-order valence-corrected chi connectivity index (χ3v) is 9.24. The van der Waals surface area contributed by atoms with Gasteiger partial charge in [-0.15, -0.1) is 0 Å². The highest BCUT2D eigenvalue weighted by molar-refractivity contribution is 14.1. The smallest absolute Gasteiger partial charge is 0.0901 e. The molecule has 1 aromatic heterocycles. The minimum atomic E-state index is 0.798. The lowest BCUT2D eigenvalue weighted by Gasteiger charge is -2.24. The highest BCUT2D eigenvalue weighted by Gasteiger charge is 2.20. The predicted octanol–water partition coefficient (Wildman–Crippen LogP) is 7.37. The number of aromatic nitrogens is 2. The molecule has 2 aliphatic rings. The first-order chi connectivity index (χ1) is 13.3. The zero-order chi connectivity index (χ0) is 18.5. The van der Waals surface area contributed by atoms with Crippen LogP contribution in [0.25, 0.3) is 11.0 Å². The molecule has 1 saturated carbocycles. The Morgan fingerprint density at radius 2 is 1.26 bits per heavy atom. The van der Waals surface area contributed by atoms with E-state index in [1.807, 2.05) is 0 Å². The zero-order valence-electron chi connectivity index (χ0n) is 16.0. The maximum Gasteiger partial charge on any atom is 0.0901 e. The van der Waals surface area contributed by atoms with E-state index < -0.39 is 0 Å². The van der Waals surface area contributed by atoms with Gasteiger partial charge in [0.25, 0.3) is 0 Å². The van der Waals surface area contributed by atoms with Gasteiger partial charge in [0, 0.05) is 25.6 Å². The molecule has 0 saturated heterocycles. The SMILES string of the molecule is Ic1ccc2nc3c(nc2c1)CSC1CCCCCCCCC(CC1)SC3. The maximum absolute atomic E-state index is 5.06. The number of fused-ring (bicyclic) bond motifs is 5. The quantitative estimate of drug-likeness (QED) is 0.345. The van der Waals surface area contributed by atoms with Crippen LogP contribution in [0.4, 0.5) is 0 Å². The minimum absolute atomic E-state index is 0.798. The summed E-state index contributed by atoms with van der Waals surface area (Å²) in [6.45, 7) is 0.